The van der Waals surface area contributed by atoms with Gasteiger partial charge in [-0.1, -0.05) is 23.2 Å². The number of rotatable bonds is 2. The minimum absolute atomic E-state index is 0.104. The molecule has 4 heteroatoms. The molecular formula is C7H14NO2P. The predicted octanol–water partition coefficient (Wildman–Crippen LogP) is 0.865. The average Bonchev–Trinajstić information content (AvgIpc) is 1.85. The largest absolute Gasteiger partial charge is 0.481 e. The van der Waals surface area contributed by atoms with Gasteiger partial charge in [0.25, 0.3) is 0 Å². The Labute approximate surface area is 68.8 Å². The predicted molar refractivity (Wildman–Crippen MR) is 46.2 cm³/mol. The number of hydrogen-bond acceptors (Lipinski definition) is 2. The van der Waals surface area contributed by atoms with Crippen molar-refractivity contribution in [2.24, 2.45) is 11.3 Å². The second kappa shape index (κ2) is 2.72. The van der Waals surface area contributed by atoms with Crippen molar-refractivity contribution in [3.63, 3.8) is 0 Å². The Kier molecular flexibility index (Phi) is 2.22. The van der Waals surface area contributed by atoms with E-state index >= 15 is 0 Å². The number of carboxylic acid groups (broad SMARTS) is 1. The minimum atomic E-state index is -0.675. The van der Waals surface area contributed by atoms with E-state index in [1.165, 1.54) is 0 Å². The highest BCUT2D eigenvalue weighted by Gasteiger charge is 2.51. The molecule has 3 unspecified atom stereocenters. The van der Waals surface area contributed by atoms with Crippen LogP contribution < -0.4 is 5.09 Å². The van der Waals surface area contributed by atoms with Crippen molar-refractivity contribution in [1.82, 2.24) is 5.09 Å². The van der Waals surface area contributed by atoms with Gasteiger partial charge in [-0.15, -0.1) is 0 Å². The van der Waals surface area contributed by atoms with Gasteiger partial charge in [0.1, 0.15) is 0 Å². The Morgan fingerprint density at radius 2 is 2.27 bits per heavy atom. The van der Waals surface area contributed by atoms with Gasteiger partial charge in [-0.3, -0.25) is 9.88 Å². The molecule has 0 aliphatic heterocycles. The van der Waals surface area contributed by atoms with Gasteiger partial charge in [-0.05, 0) is 11.8 Å². The molecule has 0 bridgehead atoms. The summed E-state index contributed by atoms with van der Waals surface area (Å²) in [5.41, 5.74) is -0.104. The molecule has 1 saturated carbocycles. The summed E-state index contributed by atoms with van der Waals surface area (Å²) in [7, 11) is 2.44. The molecule has 0 radical (unpaired) electrons. The lowest BCUT2D eigenvalue weighted by molar-refractivity contribution is -0.154. The van der Waals surface area contributed by atoms with Gasteiger partial charge in [0.05, 0.1) is 5.92 Å². The van der Waals surface area contributed by atoms with E-state index in [0.717, 1.165) is 6.42 Å². The average molecular weight is 175 g/mol. The summed E-state index contributed by atoms with van der Waals surface area (Å²) in [5, 5.41) is 11.8. The van der Waals surface area contributed by atoms with E-state index < -0.39 is 5.97 Å². The van der Waals surface area contributed by atoms with E-state index in [1.54, 1.807) is 0 Å². The Balaban J connectivity index is 2.61. The lowest BCUT2D eigenvalue weighted by Crippen LogP contribution is -2.56. The van der Waals surface area contributed by atoms with E-state index in [9.17, 15) is 4.79 Å². The monoisotopic (exact) mass is 175 g/mol. The van der Waals surface area contributed by atoms with Crippen LogP contribution in [-0.4, -0.2) is 17.1 Å². The van der Waals surface area contributed by atoms with Crippen molar-refractivity contribution >= 4 is 15.4 Å². The number of carboxylic acids is 1. The zero-order valence-electron chi connectivity index (χ0n) is 6.79. The summed E-state index contributed by atoms with van der Waals surface area (Å²) in [6, 6.07) is 0.327. The molecule has 1 aliphatic carbocycles. The van der Waals surface area contributed by atoms with E-state index in [1.807, 2.05) is 13.8 Å². The molecule has 0 aromatic carbocycles. The van der Waals surface area contributed by atoms with Gasteiger partial charge in [0.2, 0.25) is 0 Å². The highest BCUT2D eigenvalue weighted by atomic mass is 31.0. The van der Waals surface area contributed by atoms with Crippen LogP contribution in [0, 0.1) is 11.3 Å². The molecular weight excluding hydrogens is 161 g/mol. The molecule has 64 valence electrons. The van der Waals surface area contributed by atoms with Crippen molar-refractivity contribution in [2.45, 2.75) is 26.3 Å². The first kappa shape index (κ1) is 8.95. The number of carbonyl (C=O) groups is 1. The first-order chi connectivity index (χ1) is 5.00. The fraction of sp³-hybridized carbons (Fsp3) is 0.857. The van der Waals surface area contributed by atoms with Crippen molar-refractivity contribution in [3.8, 4) is 0 Å². The molecule has 0 amide bonds. The van der Waals surface area contributed by atoms with E-state index in [-0.39, 0.29) is 11.3 Å². The van der Waals surface area contributed by atoms with Crippen LogP contribution in [0.1, 0.15) is 20.3 Å². The van der Waals surface area contributed by atoms with E-state index in [0.29, 0.717) is 6.04 Å². The summed E-state index contributed by atoms with van der Waals surface area (Å²) < 4.78 is 0. The SMILES string of the molecule is CC1(C)C(NP)CC1C(=O)O. The highest BCUT2D eigenvalue weighted by Crippen LogP contribution is 2.46. The van der Waals surface area contributed by atoms with Gasteiger partial charge < -0.3 is 5.11 Å². The fourth-order valence-electron chi connectivity index (χ4n) is 1.63. The molecule has 1 rings (SSSR count). The normalized spacial score (nSPS) is 34.5. The molecule has 1 aliphatic rings. The third-order valence-electron chi connectivity index (χ3n) is 2.77. The summed E-state index contributed by atoms with van der Waals surface area (Å²) in [6.07, 6.45) is 0.742. The molecule has 1 fully saturated rings. The zero-order valence-corrected chi connectivity index (χ0v) is 7.95. The maximum Gasteiger partial charge on any atom is 0.307 e. The van der Waals surface area contributed by atoms with Crippen molar-refractivity contribution in [1.29, 1.82) is 0 Å². The molecule has 0 aromatic heterocycles. The quantitative estimate of drug-likeness (QED) is 0.612. The Morgan fingerprint density at radius 1 is 1.73 bits per heavy atom. The molecule has 0 heterocycles. The molecule has 0 aromatic rings. The van der Waals surface area contributed by atoms with Crippen LogP contribution in [0.15, 0.2) is 0 Å². The summed E-state index contributed by atoms with van der Waals surface area (Å²) in [5.74, 6) is -0.855. The Hall–Kier alpha value is -0.140. The van der Waals surface area contributed by atoms with Gasteiger partial charge in [0, 0.05) is 6.04 Å². The topological polar surface area (TPSA) is 49.3 Å². The van der Waals surface area contributed by atoms with Gasteiger partial charge in [-0.2, -0.15) is 0 Å². The van der Waals surface area contributed by atoms with E-state index in [2.05, 4.69) is 14.5 Å². The summed E-state index contributed by atoms with van der Waals surface area (Å²) in [4.78, 5) is 10.6. The van der Waals surface area contributed by atoms with Crippen molar-refractivity contribution < 1.29 is 9.90 Å². The molecule has 3 nitrogen and oxygen atoms in total. The van der Waals surface area contributed by atoms with Crippen LogP contribution in [-0.2, 0) is 4.79 Å². The van der Waals surface area contributed by atoms with Crippen LogP contribution in [0.2, 0.25) is 0 Å². The lowest BCUT2D eigenvalue weighted by Gasteiger charge is -2.49. The number of aliphatic carboxylic acids is 1. The highest BCUT2D eigenvalue weighted by molar-refractivity contribution is 7.13. The maximum absolute atomic E-state index is 10.6. The van der Waals surface area contributed by atoms with Gasteiger partial charge in [0.15, 0.2) is 0 Å². The van der Waals surface area contributed by atoms with Gasteiger partial charge in [-0.25, -0.2) is 0 Å². The number of nitrogens with one attached hydrogen (secondary N) is 1. The maximum atomic E-state index is 10.6. The van der Waals surface area contributed by atoms with Crippen molar-refractivity contribution in [3.05, 3.63) is 0 Å². The molecule has 2 N–H and O–H groups in total. The smallest absolute Gasteiger partial charge is 0.307 e. The van der Waals surface area contributed by atoms with Crippen molar-refractivity contribution in [2.75, 3.05) is 0 Å². The van der Waals surface area contributed by atoms with Crippen LogP contribution in [0.25, 0.3) is 0 Å². The van der Waals surface area contributed by atoms with Crippen LogP contribution >= 0.6 is 9.39 Å². The van der Waals surface area contributed by atoms with Crippen LogP contribution in [0.3, 0.4) is 0 Å². The first-order valence-electron chi connectivity index (χ1n) is 3.69. The Bertz CT molecular complexity index is 181. The molecule has 3 atom stereocenters. The summed E-state index contributed by atoms with van der Waals surface area (Å²) in [6.45, 7) is 3.97. The first-order valence-corrected chi connectivity index (χ1v) is 4.26. The lowest BCUT2D eigenvalue weighted by atomic mass is 9.59. The van der Waals surface area contributed by atoms with Crippen LogP contribution in [0.4, 0.5) is 0 Å². The van der Waals surface area contributed by atoms with Crippen LogP contribution in [0.5, 0.6) is 0 Å². The van der Waals surface area contributed by atoms with E-state index in [4.69, 9.17) is 5.11 Å². The third kappa shape index (κ3) is 1.27. The second-order valence-corrected chi connectivity index (χ2v) is 4.00. The summed E-state index contributed by atoms with van der Waals surface area (Å²) >= 11 is 0. The molecule has 11 heavy (non-hydrogen) atoms. The minimum Gasteiger partial charge on any atom is -0.481 e. The fourth-order valence-corrected chi connectivity index (χ4v) is 2.19. The second-order valence-electron chi connectivity index (χ2n) is 3.67. The zero-order chi connectivity index (χ0) is 8.65. The Morgan fingerprint density at radius 3 is 2.55 bits per heavy atom. The van der Waals surface area contributed by atoms with Gasteiger partial charge >= 0.3 is 5.97 Å². The standard InChI is InChI=1S/C7H14NO2P/c1-7(2)4(6(9)10)3-5(7)8-11/h4-5,8H,3,11H2,1-2H3,(H,9,10). The molecule has 0 saturated heterocycles. The number of hydrogen-bond donors (Lipinski definition) is 2. The third-order valence-corrected chi connectivity index (χ3v) is 3.17. The molecule has 0 spiro atoms.